The zero-order valence-electron chi connectivity index (χ0n) is 11.6. The van der Waals surface area contributed by atoms with Crippen molar-refractivity contribution < 1.29 is 23.1 Å². The standard InChI is InChI=1S/C15H11F3N3OS/c16-15(17,18)11-3-5-12(6-4-11)19-14-20-13(9-23-14)10-2-1-7-21(22)8-10/h1-9,22H,(H,19,20)/q+1. The topological polar surface area (TPSA) is 49.0 Å². The van der Waals surface area contributed by atoms with E-state index in [1.54, 1.807) is 17.5 Å². The summed E-state index contributed by atoms with van der Waals surface area (Å²) in [5.74, 6) is 0. The number of nitrogens with one attached hydrogen (secondary N) is 1. The summed E-state index contributed by atoms with van der Waals surface area (Å²) in [6.45, 7) is 0. The number of thiazole rings is 1. The first-order valence-electron chi connectivity index (χ1n) is 6.52. The largest absolute Gasteiger partial charge is 0.416 e. The van der Waals surface area contributed by atoms with E-state index < -0.39 is 11.7 Å². The highest BCUT2D eigenvalue weighted by Crippen LogP contribution is 2.31. The maximum Gasteiger partial charge on any atom is 0.416 e. The van der Waals surface area contributed by atoms with E-state index in [0.29, 0.717) is 16.5 Å². The van der Waals surface area contributed by atoms with Crippen molar-refractivity contribution in [1.82, 2.24) is 4.98 Å². The molecule has 0 atom stereocenters. The second-order valence-electron chi connectivity index (χ2n) is 4.71. The first-order chi connectivity index (χ1) is 10.9. The summed E-state index contributed by atoms with van der Waals surface area (Å²) in [7, 11) is 0. The number of pyridine rings is 1. The summed E-state index contributed by atoms with van der Waals surface area (Å²) in [6, 6.07) is 8.22. The SMILES string of the molecule is O[n+]1cccc(-c2csc(Nc3ccc(C(F)(F)F)cc3)n2)c1. The number of hydrogen-bond donors (Lipinski definition) is 2. The van der Waals surface area contributed by atoms with Crippen LogP contribution >= 0.6 is 11.3 Å². The average molecular weight is 338 g/mol. The Labute approximate surface area is 133 Å². The number of benzene rings is 1. The second-order valence-corrected chi connectivity index (χ2v) is 5.57. The van der Waals surface area contributed by atoms with E-state index in [-0.39, 0.29) is 0 Å². The fourth-order valence-corrected chi connectivity index (χ4v) is 2.68. The summed E-state index contributed by atoms with van der Waals surface area (Å²) in [5.41, 5.74) is 1.21. The number of aromatic nitrogens is 2. The predicted octanol–water partition coefficient (Wildman–Crippen LogP) is 4.10. The summed E-state index contributed by atoms with van der Waals surface area (Å²) >= 11 is 1.32. The molecule has 0 aliphatic rings. The van der Waals surface area contributed by atoms with Crippen LogP contribution in [0.2, 0.25) is 0 Å². The Morgan fingerprint density at radius 3 is 2.52 bits per heavy atom. The minimum atomic E-state index is -4.35. The van der Waals surface area contributed by atoms with E-state index in [1.807, 2.05) is 0 Å². The van der Waals surface area contributed by atoms with Crippen LogP contribution in [0.5, 0.6) is 0 Å². The van der Waals surface area contributed by atoms with Crippen LogP contribution in [0.4, 0.5) is 24.0 Å². The number of hydrogen-bond acceptors (Lipinski definition) is 4. The highest BCUT2D eigenvalue weighted by atomic mass is 32.1. The molecular formula is C15H11F3N3OS+. The lowest BCUT2D eigenvalue weighted by Gasteiger charge is -2.07. The third kappa shape index (κ3) is 3.59. The zero-order valence-corrected chi connectivity index (χ0v) is 12.4. The molecule has 118 valence electrons. The Balaban J connectivity index is 1.77. The van der Waals surface area contributed by atoms with Crippen LogP contribution in [-0.2, 0) is 6.18 Å². The Morgan fingerprint density at radius 1 is 1.13 bits per heavy atom. The molecule has 0 fully saturated rings. The van der Waals surface area contributed by atoms with Gasteiger partial charge in [0.2, 0.25) is 12.4 Å². The van der Waals surface area contributed by atoms with E-state index in [2.05, 4.69) is 10.3 Å². The van der Waals surface area contributed by atoms with Crippen LogP contribution in [-0.4, -0.2) is 10.2 Å². The molecule has 23 heavy (non-hydrogen) atoms. The molecule has 3 aromatic rings. The molecule has 4 nitrogen and oxygen atoms in total. The van der Waals surface area contributed by atoms with Crippen molar-refractivity contribution in [3.8, 4) is 11.3 Å². The van der Waals surface area contributed by atoms with Gasteiger partial charge in [0, 0.05) is 21.9 Å². The van der Waals surface area contributed by atoms with Gasteiger partial charge in [-0.25, -0.2) is 4.98 Å². The molecule has 0 aliphatic heterocycles. The van der Waals surface area contributed by atoms with Gasteiger partial charge in [0.1, 0.15) is 0 Å². The maximum absolute atomic E-state index is 12.5. The van der Waals surface area contributed by atoms with Crippen molar-refractivity contribution in [3.63, 3.8) is 0 Å². The zero-order chi connectivity index (χ0) is 16.4. The molecule has 0 saturated heterocycles. The lowest BCUT2D eigenvalue weighted by molar-refractivity contribution is -0.904. The normalized spacial score (nSPS) is 11.4. The van der Waals surface area contributed by atoms with Gasteiger partial charge in [0.05, 0.1) is 16.8 Å². The summed E-state index contributed by atoms with van der Waals surface area (Å²) in [5, 5.41) is 14.7. The molecule has 0 bridgehead atoms. The first kappa shape index (κ1) is 15.3. The minimum absolute atomic E-state index is 0.518. The molecule has 2 N–H and O–H groups in total. The Morgan fingerprint density at radius 2 is 1.87 bits per heavy atom. The molecule has 0 saturated carbocycles. The molecule has 3 rings (SSSR count). The van der Waals surface area contributed by atoms with Gasteiger partial charge in [-0.15, -0.1) is 11.3 Å². The number of rotatable bonds is 3. The molecule has 1 aromatic carbocycles. The first-order valence-corrected chi connectivity index (χ1v) is 7.40. The molecule has 0 radical (unpaired) electrons. The Kier molecular flexibility index (Phi) is 3.91. The molecule has 0 aliphatic carbocycles. The van der Waals surface area contributed by atoms with Gasteiger partial charge >= 0.3 is 6.18 Å². The van der Waals surface area contributed by atoms with Crippen molar-refractivity contribution in [3.05, 3.63) is 59.7 Å². The highest BCUT2D eigenvalue weighted by Gasteiger charge is 2.29. The van der Waals surface area contributed by atoms with Crippen molar-refractivity contribution in [1.29, 1.82) is 0 Å². The molecule has 2 aromatic heterocycles. The lowest BCUT2D eigenvalue weighted by atomic mass is 10.2. The summed E-state index contributed by atoms with van der Waals surface area (Å²) in [6.07, 6.45) is -1.35. The van der Waals surface area contributed by atoms with Gasteiger partial charge in [0.15, 0.2) is 5.13 Å². The van der Waals surface area contributed by atoms with Gasteiger partial charge in [-0.2, -0.15) is 13.2 Å². The summed E-state index contributed by atoms with van der Waals surface area (Å²) in [4.78, 5) is 4.35. The molecule has 0 unspecified atom stereocenters. The maximum atomic E-state index is 12.5. The third-order valence-corrected chi connectivity index (χ3v) is 3.81. The van der Waals surface area contributed by atoms with E-state index in [0.717, 1.165) is 22.4 Å². The number of alkyl halides is 3. The molecule has 0 amide bonds. The van der Waals surface area contributed by atoms with Crippen molar-refractivity contribution >= 4 is 22.2 Å². The molecule has 0 spiro atoms. The molecular weight excluding hydrogens is 327 g/mol. The summed E-state index contributed by atoms with van der Waals surface area (Å²) < 4.78 is 38.5. The van der Waals surface area contributed by atoms with Gasteiger partial charge in [-0.1, -0.05) is 0 Å². The van der Waals surface area contributed by atoms with Gasteiger partial charge < -0.3 is 5.32 Å². The fourth-order valence-electron chi connectivity index (χ4n) is 1.94. The van der Waals surface area contributed by atoms with Crippen LogP contribution < -0.4 is 10.0 Å². The highest BCUT2D eigenvalue weighted by molar-refractivity contribution is 7.14. The van der Waals surface area contributed by atoms with Crippen LogP contribution in [0.3, 0.4) is 0 Å². The molecule has 2 heterocycles. The van der Waals surface area contributed by atoms with Gasteiger partial charge in [-0.05, 0) is 30.3 Å². The monoisotopic (exact) mass is 338 g/mol. The van der Waals surface area contributed by atoms with Crippen molar-refractivity contribution in [2.24, 2.45) is 0 Å². The van der Waals surface area contributed by atoms with E-state index >= 15 is 0 Å². The van der Waals surface area contributed by atoms with Gasteiger partial charge in [-0.3, -0.25) is 5.21 Å². The van der Waals surface area contributed by atoms with Crippen LogP contribution in [0, 0.1) is 0 Å². The van der Waals surface area contributed by atoms with E-state index in [4.69, 9.17) is 0 Å². The minimum Gasteiger partial charge on any atom is -0.332 e. The quantitative estimate of drug-likeness (QED) is 0.558. The fraction of sp³-hybridized carbons (Fsp3) is 0.0667. The Hall–Kier alpha value is -2.61. The number of halogens is 3. The average Bonchev–Trinajstić information content (AvgIpc) is 2.95. The van der Waals surface area contributed by atoms with Crippen LogP contribution in [0.25, 0.3) is 11.3 Å². The lowest BCUT2D eigenvalue weighted by Crippen LogP contribution is -2.28. The predicted molar refractivity (Wildman–Crippen MR) is 79.7 cm³/mol. The number of anilines is 2. The van der Waals surface area contributed by atoms with Gasteiger partial charge in [0.25, 0.3) is 0 Å². The van der Waals surface area contributed by atoms with E-state index in [9.17, 15) is 18.4 Å². The molecule has 8 heteroatoms. The third-order valence-electron chi connectivity index (χ3n) is 3.05. The van der Waals surface area contributed by atoms with Crippen molar-refractivity contribution in [2.75, 3.05) is 5.32 Å². The van der Waals surface area contributed by atoms with E-state index in [1.165, 1.54) is 35.9 Å². The Bertz CT molecular complexity index is 815. The second kappa shape index (κ2) is 5.88. The smallest absolute Gasteiger partial charge is 0.332 e. The van der Waals surface area contributed by atoms with Crippen LogP contribution in [0.1, 0.15) is 5.56 Å². The van der Waals surface area contributed by atoms with Crippen LogP contribution in [0.15, 0.2) is 54.2 Å². The number of nitrogens with zero attached hydrogens (tertiary/aromatic N) is 2. The van der Waals surface area contributed by atoms with Crippen molar-refractivity contribution in [2.45, 2.75) is 6.18 Å².